The Morgan fingerprint density at radius 3 is 2.91 bits per heavy atom. The highest BCUT2D eigenvalue weighted by Gasteiger charge is 2.00. The van der Waals surface area contributed by atoms with E-state index in [2.05, 4.69) is 4.98 Å². The van der Waals surface area contributed by atoms with Crippen LogP contribution in [-0.4, -0.2) is 12.1 Å². The Bertz CT molecular complexity index is 250. The van der Waals surface area contributed by atoms with Crippen LogP contribution >= 0.6 is 11.6 Å². The molecule has 0 amide bonds. The molecular formula is C8H10ClNO. The summed E-state index contributed by atoms with van der Waals surface area (Å²) in [5.74, 6) is 1.22. The Labute approximate surface area is 71.2 Å². The number of hydrogen-bond donors (Lipinski definition) is 0. The van der Waals surface area contributed by atoms with E-state index in [0.29, 0.717) is 5.88 Å². The summed E-state index contributed by atoms with van der Waals surface area (Å²) in [4.78, 5) is 4.07. The summed E-state index contributed by atoms with van der Waals surface area (Å²) in [6.45, 7) is 1.93. The maximum absolute atomic E-state index is 5.68. The lowest BCUT2D eigenvalue weighted by atomic mass is 10.2. The van der Waals surface area contributed by atoms with Gasteiger partial charge in [0, 0.05) is 11.3 Å². The van der Waals surface area contributed by atoms with Crippen LogP contribution in [0.5, 0.6) is 5.75 Å². The van der Waals surface area contributed by atoms with Gasteiger partial charge in [-0.05, 0) is 13.0 Å². The van der Waals surface area contributed by atoms with Gasteiger partial charge >= 0.3 is 0 Å². The van der Waals surface area contributed by atoms with E-state index in [1.165, 1.54) is 0 Å². The highest BCUT2D eigenvalue weighted by molar-refractivity contribution is 6.17. The third-order valence-electron chi connectivity index (χ3n) is 1.45. The van der Waals surface area contributed by atoms with E-state index >= 15 is 0 Å². The molecule has 11 heavy (non-hydrogen) atoms. The second-order valence-electron chi connectivity index (χ2n) is 2.27. The van der Waals surface area contributed by atoms with Gasteiger partial charge in [0.1, 0.15) is 5.75 Å². The molecule has 0 unspecified atom stereocenters. The molecule has 0 bridgehead atoms. The Morgan fingerprint density at radius 2 is 2.36 bits per heavy atom. The van der Waals surface area contributed by atoms with Crippen molar-refractivity contribution in [3.05, 3.63) is 23.5 Å². The quantitative estimate of drug-likeness (QED) is 0.637. The molecule has 0 N–H and O–H groups in total. The predicted octanol–water partition coefficient (Wildman–Crippen LogP) is 2.14. The summed E-state index contributed by atoms with van der Waals surface area (Å²) in [5, 5.41) is 0. The number of aryl methyl sites for hydroxylation is 1. The van der Waals surface area contributed by atoms with Crippen molar-refractivity contribution < 1.29 is 4.74 Å². The maximum Gasteiger partial charge on any atom is 0.141 e. The highest BCUT2D eigenvalue weighted by atomic mass is 35.5. The average molecular weight is 172 g/mol. The molecule has 0 aromatic carbocycles. The zero-order valence-corrected chi connectivity index (χ0v) is 7.35. The third kappa shape index (κ3) is 1.84. The van der Waals surface area contributed by atoms with Crippen molar-refractivity contribution in [3.8, 4) is 5.75 Å². The van der Waals surface area contributed by atoms with Crippen LogP contribution in [-0.2, 0) is 5.88 Å². The monoisotopic (exact) mass is 171 g/mol. The lowest BCUT2D eigenvalue weighted by Gasteiger charge is -2.04. The molecule has 0 atom stereocenters. The Kier molecular flexibility index (Phi) is 2.71. The van der Waals surface area contributed by atoms with Crippen LogP contribution in [0.15, 0.2) is 12.3 Å². The van der Waals surface area contributed by atoms with Gasteiger partial charge in [0.05, 0.1) is 19.2 Å². The molecule has 0 aliphatic carbocycles. The Morgan fingerprint density at radius 1 is 1.64 bits per heavy atom. The van der Waals surface area contributed by atoms with Crippen LogP contribution in [0.3, 0.4) is 0 Å². The van der Waals surface area contributed by atoms with E-state index in [-0.39, 0.29) is 0 Å². The van der Waals surface area contributed by atoms with E-state index in [1.54, 1.807) is 13.3 Å². The SMILES string of the molecule is COc1cnc(C)cc1CCl. The first-order valence-corrected chi connectivity index (χ1v) is 3.87. The molecule has 60 valence electrons. The number of alkyl halides is 1. The largest absolute Gasteiger partial charge is 0.495 e. The number of ether oxygens (including phenoxy) is 1. The fraction of sp³-hybridized carbons (Fsp3) is 0.375. The molecule has 0 spiro atoms. The maximum atomic E-state index is 5.68. The Balaban J connectivity index is 3.06. The zero-order chi connectivity index (χ0) is 8.27. The smallest absolute Gasteiger partial charge is 0.141 e. The Hall–Kier alpha value is -0.760. The summed E-state index contributed by atoms with van der Waals surface area (Å²) < 4.78 is 5.04. The normalized spacial score (nSPS) is 9.73. The third-order valence-corrected chi connectivity index (χ3v) is 1.74. The van der Waals surface area contributed by atoms with Crippen molar-refractivity contribution >= 4 is 11.6 Å². The molecule has 0 aliphatic heterocycles. The van der Waals surface area contributed by atoms with Gasteiger partial charge in [-0.3, -0.25) is 4.98 Å². The van der Waals surface area contributed by atoms with Crippen molar-refractivity contribution in [2.24, 2.45) is 0 Å². The second kappa shape index (κ2) is 3.58. The minimum absolute atomic E-state index is 0.465. The summed E-state index contributed by atoms with van der Waals surface area (Å²) in [6, 6.07) is 1.92. The minimum Gasteiger partial charge on any atom is -0.495 e. The van der Waals surface area contributed by atoms with Gasteiger partial charge in [0.25, 0.3) is 0 Å². The van der Waals surface area contributed by atoms with Gasteiger partial charge in [0.15, 0.2) is 0 Å². The second-order valence-corrected chi connectivity index (χ2v) is 2.54. The molecule has 1 heterocycles. The molecular weight excluding hydrogens is 162 g/mol. The van der Waals surface area contributed by atoms with Crippen LogP contribution in [0.4, 0.5) is 0 Å². The molecule has 0 fully saturated rings. The van der Waals surface area contributed by atoms with Crippen molar-refractivity contribution in [1.82, 2.24) is 4.98 Å². The molecule has 0 saturated heterocycles. The van der Waals surface area contributed by atoms with Crippen LogP contribution in [0, 0.1) is 6.92 Å². The fourth-order valence-corrected chi connectivity index (χ4v) is 1.10. The van der Waals surface area contributed by atoms with Gasteiger partial charge in [-0.2, -0.15) is 0 Å². The van der Waals surface area contributed by atoms with Gasteiger partial charge in [0.2, 0.25) is 0 Å². The molecule has 0 saturated carbocycles. The van der Waals surface area contributed by atoms with Crippen molar-refractivity contribution in [2.45, 2.75) is 12.8 Å². The van der Waals surface area contributed by atoms with Gasteiger partial charge < -0.3 is 4.74 Å². The number of rotatable bonds is 2. The van der Waals surface area contributed by atoms with Crippen LogP contribution in [0.25, 0.3) is 0 Å². The summed E-state index contributed by atoms with van der Waals surface area (Å²) in [5.41, 5.74) is 1.95. The summed E-state index contributed by atoms with van der Waals surface area (Å²) in [7, 11) is 1.61. The number of aromatic nitrogens is 1. The first-order valence-electron chi connectivity index (χ1n) is 3.33. The molecule has 3 heteroatoms. The van der Waals surface area contributed by atoms with E-state index in [0.717, 1.165) is 17.0 Å². The first kappa shape index (κ1) is 8.34. The number of halogens is 1. The molecule has 2 nitrogen and oxygen atoms in total. The topological polar surface area (TPSA) is 22.1 Å². The summed E-state index contributed by atoms with van der Waals surface area (Å²) >= 11 is 5.68. The number of pyridine rings is 1. The standard InChI is InChI=1S/C8H10ClNO/c1-6-3-7(4-9)8(11-2)5-10-6/h3,5H,4H2,1-2H3. The minimum atomic E-state index is 0.465. The van der Waals surface area contributed by atoms with E-state index in [1.807, 2.05) is 13.0 Å². The van der Waals surface area contributed by atoms with Gasteiger partial charge in [-0.25, -0.2) is 0 Å². The number of methoxy groups -OCH3 is 1. The molecule has 1 aromatic heterocycles. The highest BCUT2D eigenvalue weighted by Crippen LogP contribution is 2.18. The van der Waals surface area contributed by atoms with E-state index < -0.39 is 0 Å². The van der Waals surface area contributed by atoms with Crippen molar-refractivity contribution in [1.29, 1.82) is 0 Å². The van der Waals surface area contributed by atoms with Crippen molar-refractivity contribution in [3.63, 3.8) is 0 Å². The summed E-state index contributed by atoms with van der Waals surface area (Å²) in [6.07, 6.45) is 1.69. The lowest BCUT2D eigenvalue weighted by Crippen LogP contribution is -1.92. The van der Waals surface area contributed by atoms with Gasteiger partial charge in [-0.15, -0.1) is 11.6 Å². The zero-order valence-electron chi connectivity index (χ0n) is 6.60. The molecule has 0 aliphatic rings. The fourth-order valence-electron chi connectivity index (χ4n) is 0.892. The van der Waals surface area contributed by atoms with E-state index in [9.17, 15) is 0 Å². The molecule has 1 rings (SSSR count). The lowest BCUT2D eigenvalue weighted by molar-refractivity contribution is 0.409. The molecule has 0 radical (unpaired) electrons. The van der Waals surface area contributed by atoms with Crippen LogP contribution < -0.4 is 4.74 Å². The number of nitrogens with zero attached hydrogens (tertiary/aromatic N) is 1. The average Bonchev–Trinajstić information content (AvgIpc) is 2.04. The van der Waals surface area contributed by atoms with Crippen LogP contribution in [0.1, 0.15) is 11.3 Å². The van der Waals surface area contributed by atoms with E-state index in [4.69, 9.17) is 16.3 Å². The first-order chi connectivity index (χ1) is 5.27. The van der Waals surface area contributed by atoms with Crippen LogP contribution in [0.2, 0.25) is 0 Å². The van der Waals surface area contributed by atoms with Crippen molar-refractivity contribution in [2.75, 3.05) is 7.11 Å². The molecule has 1 aromatic rings. The van der Waals surface area contributed by atoms with Gasteiger partial charge in [-0.1, -0.05) is 0 Å². The number of hydrogen-bond acceptors (Lipinski definition) is 2. The predicted molar refractivity (Wildman–Crippen MR) is 45.1 cm³/mol.